The molecule has 0 saturated carbocycles. The molecular formula is C15H19N3O2S. The highest BCUT2D eigenvalue weighted by molar-refractivity contribution is 7.20. The predicted octanol–water partition coefficient (Wildman–Crippen LogP) is 1.57. The van der Waals surface area contributed by atoms with Gasteiger partial charge in [0.15, 0.2) is 0 Å². The van der Waals surface area contributed by atoms with E-state index in [0.29, 0.717) is 10.8 Å². The number of carbonyl (C=O) groups excluding carboxylic acids is 1. The van der Waals surface area contributed by atoms with Crippen LogP contribution in [0.25, 0.3) is 10.2 Å². The van der Waals surface area contributed by atoms with Crippen LogP contribution in [-0.2, 0) is 0 Å². The van der Waals surface area contributed by atoms with Gasteiger partial charge in [0.05, 0.1) is 11.5 Å². The maximum Gasteiger partial charge on any atom is 0.259 e. The number of primary amides is 1. The number of hydrogen-bond acceptors (Lipinski definition) is 5. The van der Waals surface area contributed by atoms with E-state index in [9.17, 15) is 4.79 Å². The summed E-state index contributed by atoms with van der Waals surface area (Å²) in [6.07, 6.45) is 3.72. The lowest BCUT2D eigenvalue weighted by molar-refractivity contribution is 0.100. The molecule has 3 heterocycles. The number of carbonyl (C=O) groups is 1. The summed E-state index contributed by atoms with van der Waals surface area (Å²) >= 11 is 1.40. The van der Waals surface area contributed by atoms with E-state index in [1.807, 2.05) is 12.1 Å². The molecule has 21 heavy (non-hydrogen) atoms. The summed E-state index contributed by atoms with van der Waals surface area (Å²) in [7, 11) is 0. The quantitative estimate of drug-likeness (QED) is 0.898. The summed E-state index contributed by atoms with van der Waals surface area (Å²) in [5.41, 5.74) is 6.64. The van der Waals surface area contributed by atoms with E-state index < -0.39 is 0 Å². The Labute approximate surface area is 127 Å². The van der Waals surface area contributed by atoms with Gasteiger partial charge in [-0.2, -0.15) is 0 Å². The normalized spacial score (nSPS) is 17.4. The second kappa shape index (κ2) is 6.09. The van der Waals surface area contributed by atoms with Crippen molar-refractivity contribution in [1.29, 1.82) is 0 Å². The van der Waals surface area contributed by atoms with Gasteiger partial charge in [-0.1, -0.05) is 6.07 Å². The molecule has 3 rings (SSSR count). The minimum Gasteiger partial charge on any atom is -0.395 e. The average Bonchev–Trinajstić information content (AvgIpc) is 2.88. The van der Waals surface area contributed by atoms with Crippen LogP contribution in [0.3, 0.4) is 0 Å². The van der Waals surface area contributed by atoms with Crippen LogP contribution in [0.5, 0.6) is 0 Å². The number of aromatic nitrogens is 1. The molecule has 0 bridgehead atoms. The third-order valence-corrected chi connectivity index (χ3v) is 5.28. The maximum atomic E-state index is 11.8. The van der Waals surface area contributed by atoms with Crippen molar-refractivity contribution >= 4 is 27.5 Å². The lowest BCUT2D eigenvalue weighted by Gasteiger charge is -2.31. The fourth-order valence-electron chi connectivity index (χ4n) is 3.13. The molecule has 1 saturated heterocycles. The van der Waals surface area contributed by atoms with Crippen LogP contribution in [0.2, 0.25) is 0 Å². The number of hydrogen-bond donors (Lipinski definition) is 2. The summed E-state index contributed by atoms with van der Waals surface area (Å²) in [6.45, 7) is 2.81. The van der Waals surface area contributed by atoms with Crippen molar-refractivity contribution in [2.75, 3.05) is 26.2 Å². The first kappa shape index (κ1) is 14.4. The zero-order valence-electron chi connectivity index (χ0n) is 11.8. The van der Waals surface area contributed by atoms with Crippen LogP contribution in [0.15, 0.2) is 18.3 Å². The maximum absolute atomic E-state index is 11.8. The third-order valence-electron chi connectivity index (χ3n) is 4.14. The number of likely N-dealkylation sites (tertiary alicyclic amines) is 1. The molecule has 1 aliphatic rings. The predicted molar refractivity (Wildman–Crippen MR) is 83.6 cm³/mol. The van der Waals surface area contributed by atoms with Crippen molar-refractivity contribution < 1.29 is 9.90 Å². The van der Waals surface area contributed by atoms with E-state index in [1.54, 1.807) is 6.20 Å². The van der Waals surface area contributed by atoms with Crippen molar-refractivity contribution in [2.24, 2.45) is 5.73 Å². The molecule has 0 aromatic carbocycles. The number of β-amino-alcohol motifs (C(OH)–C–C–N with tert-alkyl or cyclic N) is 1. The lowest BCUT2D eigenvalue weighted by atomic mass is 9.87. The van der Waals surface area contributed by atoms with Crippen molar-refractivity contribution in [3.8, 4) is 0 Å². The van der Waals surface area contributed by atoms with Crippen LogP contribution >= 0.6 is 11.3 Å². The summed E-state index contributed by atoms with van der Waals surface area (Å²) in [5, 5.41) is 10.1. The highest BCUT2D eigenvalue weighted by Crippen LogP contribution is 2.39. The van der Waals surface area contributed by atoms with Gasteiger partial charge in [-0.3, -0.25) is 4.79 Å². The molecule has 6 heteroatoms. The fourth-order valence-corrected chi connectivity index (χ4v) is 4.21. The SMILES string of the molecule is NC(=O)c1sc2ncccc2c1C1CCN(CCO)CC1. The summed E-state index contributed by atoms with van der Waals surface area (Å²) in [6, 6.07) is 3.94. The number of amides is 1. The molecule has 0 spiro atoms. The number of nitrogens with zero attached hydrogens (tertiary/aromatic N) is 2. The zero-order chi connectivity index (χ0) is 14.8. The van der Waals surface area contributed by atoms with Crippen LogP contribution in [0.1, 0.15) is 34.0 Å². The second-order valence-electron chi connectivity index (χ2n) is 5.40. The van der Waals surface area contributed by atoms with Crippen LogP contribution in [0.4, 0.5) is 0 Å². The second-order valence-corrected chi connectivity index (χ2v) is 6.40. The zero-order valence-corrected chi connectivity index (χ0v) is 12.6. The van der Waals surface area contributed by atoms with E-state index in [4.69, 9.17) is 10.8 Å². The Morgan fingerprint density at radius 3 is 2.90 bits per heavy atom. The largest absolute Gasteiger partial charge is 0.395 e. The van der Waals surface area contributed by atoms with E-state index in [-0.39, 0.29) is 12.5 Å². The molecule has 2 aromatic rings. The number of aliphatic hydroxyl groups excluding tert-OH is 1. The van der Waals surface area contributed by atoms with E-state index >= 15 is 0 Å². The third kappa shape index (κ3) is 2.79. The van der Waals surface area contributed by atoms with Gasteiger partial charge in [0.25, 0.3) is 5.91 Å². The van der Waals surface area contributed by atoms with Gasteiger partial charge in [0, 0.05) is 18.1 Å². The Bertz CT molecular complexity index is 647. The smallest absolute Gasteiger partial charge is 0.259 e. The van der Waals surface area contributed by atoms with Gasteiger partial charge < -0.3 is 15.7 Å². The number of pyridine rings is 1. The molecule has 0 radical (unpaired) electrons. The summed E-state index contributed by atoms with van der Waals surface area (Å²) in [4.78, 5) is 19.9. The van der Waals surface area contributed by atoms with Gasteiger partial charge >= 0.3 is 0 Å². The van der Waals surface area contributed by atoms with E-state index in [2.05, 4.69) is 9.88 Å². The lowest BCUT2D eigenvalue weighted by Crippen LogP contribution is -2.35. The monoisotopic (exact) mass is 305 g/mol. The number of aliphatic hydroxyl groups is 1. The first-order chi connectivity index (χ1) is 10.2. The highest BCUT2D eigenvalue weighted by Gasteiger charge is 2.27. The molecule has 0 atom stereocenters. The topological polar surface area (TPSA) is 79.5 Å². The number of thiophene rings is 1. The van der Waals surface area contributed by atoms with Crippen molar-refractivity contribution in [3.05, 3.63) is 28.8 Å². The van der Waals surface area contributed by atoms with Gasteiger partial charge in [0.1, 0.15) is 4.83 Å². The Kier molecular flexibility index (Phi) is 4.19. The molecule has 1 aliphatic heterocycles. The number of rotatable bonds is 4. The molecule has 0 aliphatic carbocycles. The van der Waals surface area contributed by atoms with Gasteiger partial charge in [-0.25, -0.2) is 4.98 Å². The van der Waals surface area contributed by atoms with Crippen LogP contribution in [0, 0.1) is 0 Å². The molecule has 5 nitrogen and oxygen atoms in total. The summed E-state index contributed by atoms with van der Waals surface area (Å²) < 4.78 is 0. The average molecular weight is 305 g/mol. The number of piperidine rings is 1. The molecule has 112 valence electrons. The van der Waals surface area contributed by atoms with Gasteiger partial charge in [-0.05, 0) is 43.5 Å². The first-order valence-corrected chi connectivity index (χ1v) is 8.02. The van der Waals surface area contributed by atoms with Crippen LogP contribution < -0.4 is 5.73 Å². The molecule has 3 N–H and O–H groups in total. The minimum atomic E-state index is -0.356. The minimum absolute atomic E-state index is 0.197. The van der Waals surface area contributed by atoms with E-state index in [0.717, 1.165) is 48.3 Å². The molecule has 1 fully saturated rings. The molecule has 0 unspecified atom stereocenters. The standard InChI is InChI=1S/C15H19N3O2S/c16-14(20)13-12(11-2-1-5-17-15(11)21-13)10-3-6-18(7-4-10)8-9-19/h1-2,5,10,19H,3-4,6-9H2,(H2,16,20). The van der Waals surface area contributed by atoms with Gasteiger partial charge in [-0.15, -0.1) is 11.3 Å². The Morgan fingerprint density at radius 2 is 2.24 bits per heavy atom. The van der Waals surface area contributed by atoms with E-state index in [1.165, 1.54) is 11.3 Å². The van der Waals surface area contributed by atoms with Crippen molar-refractivity contribution in [3.63, 3.8) is 0 Å². The molecule has 1 amide bonds. The Balaban J connectivity index is 1.93. The summed E-state index contributed by atoms with van der Waals surface area (Å²) in [5.74, 6) is -0.00817. The van der Waals surface area contributed by atoms with Crippen molar-refractivity contribution in [2.45, 2.75) is 18.8 Å². The first-order valence-electron chi connectivity index (χ1n) is 7.21. The number of fused-ring (bicyclic) bond motifs is 1. The molecular weight excluding hydrogens is 286 g/mol. The van der Waals surface area contributed by atoms with Crippen molar-refractivity contribution in [1.82, 2.24) is 9.88 Å². The highest BCUT2D eigenvalue weighted by atomic mass is 32.1. The molecule has 2 aromatic heterocycles. The fraction of sp³-hybridized carbons (Fsp3) is 0.467. The van der Waals surface area contributed by atoms with Gasteiger partial charge in [0.2, 0.25) is 0 Å². The Morgan fingerprint density at radius 1 is 1.48 bits per heavy atom. The number of nitrogens with two attached hydrogens (primary N) is 1. The Hall–Kier alpha value is -1.50. The van der Waals surface area contributed by atoms with Crippen LogP contribution in [-0.4, -0.2) is 47.1 Å².